The van der Waals surface area contributed by atoms with E-state index in [0.29, 0.717) is 16.5 Å². The number of halogens is 2. The maximum atomic E-state index is 12.3. The number of carbonyl (C=O) groups excluding carboxylic acids is 1. The molecule has 0 bridgehead atoms. The molecule has 0 saturated heterocycles. The van der Waals surface area contributed by atoms with E-state index in [9.17, 15) is 4.79 Å². The molecule has 2 aromatic carbocycles. The van der Waals surface area contributed by atoms with Crippen LogP contribution in [0, 0.1) is 6.92 Å². The quantitative estimate of drug-likeness (QED) is 0.765. The number of alkyl halides is 1. The van der Waals surface area contributed by atoms with Gasteiger partial charge in [0.1, 0.15) is 0 Å². The Morgan fingerprint density at radius 2 is 2.00 bits per heavy atom. The van der Waals surface area contributed by atoms with Crippen molar-refractivity contribution in [2.45, 2.75) is 19.8 Å². The average molecular weight is 322 g/mol. The molecule has 0 aliphatic heterocycles. The van der Waals surface area contributed by atoms with E-state index in [0.717, 1.165) is 29.7 Å². The molecule has 0 aliphatic carbocycles. The van der Waals surface area contributed by atoms with Crippen LogP contribution in [0.2, 0.25) is 5.02 Å². The van der Waals surface area contributed by atoms with Gasteiger partial charge in [-0.2, -0.15) is 0 Å². The van der Waals surface area contributed by atoms with E-state index >= 15 is 0 Å². The molecule has 0 unspecified atom stereocenters. The summed E-state index contributed by atoms with van der Waals surface area (Å²) in [5.41, 5.74) is 3.44. The molecule has 0 aromatic heterocycles. The summed E-state index contributed by atoms with van der Waals surface area (Å²) in [6, 6.07) is 13.1. The van der Waals surface area contributed by atoms with Gasteiger partial charge in [-0.1, -0.05) is 29.8 Å². The number of anilines is 1. The normalized spacial score (nSPS) is 10.4. The second kappa shape index (κ2) is 7.48. The zero-order valence-electron chi connectivity index (χ0n) is 11.8. The molecule has 21 heavy (non-hydrogen) atoms. The predicted octanol–water partition coefficient (Wildman–Crippen LogP) is 5.07. The molecule has 0 atom stereocenters. The molecule has 0 fully saturated rings. The Labute approximate surface area is 135 Å². The third kappa shape index (κ3) is 4.48. The van der Waals surface area contributed by atoms with Crippen LogP contribution in [0.25, 0.3) is 0 Å². The van der Waals surface area contributed by atoms with E-state index in [-0.39, 0.29) is 5.91 Å². The van der Waals surface area contributed by atoms with Crippen LogP contribution in [-0.2, 0) is 6.42 Å². The zero-order valence-corrected chi connectivity index (χ0v) is 13.3. The number of rotatable bonds is 5. The summed E-state index contributed by atoms with van der Waals surface area (Å²) in [5.74, 6) is 0.489. The molecule has 0 radical (unpaired) electrons. The van der Waals surface area contributed by atoms with Crippen molar-refractivity contribution in [2.75, 3.05) is 11.2 Å². The van der Waals surface area contributed by atoms with Crippen molar-refractivity contribution in [3.8, 4) is 0 Å². The highest BCUT2D eigenvalue weighted by Gasteiger charge is 2.10. The van der Waals surface area contributed by atoms with E-state index < -0.39 is 0 Å². The highest BCUT2D eigenvalue weighted by Crippen LogP contribution is 2.18. The van der Waals surface area contributed by atoms with Gasteiger partial charge in [-0.05, 0) is 55.2 Å². The lowest BCUT2D eigenvalue weighted by Crippen LogP contribution is -2.13. The Hall–Kier alpha value is -1.51. The molecule has 0 aliphatic rings. The molecule has 0 heterocycles. The van der Waals surface area contributed by atoms with Crippen molar-refractivity contribution < 1.29 is 4.79 Å². The van der Waals surface area contributed by atoms with Crippen molar-refractivity contribution in [1.29, 1.82) is 0 Å². The van der Waals surface area contributed by atoms with Gasteiger partial charge in [-0.3, -0.25) is 4.79 Å². The fourth-order valence-electron chi connectivity index (χ4n) is 2.11. The van der Waals surface area contributed by atoms with E-state index in [1.165, 1.54) is 0 Å². The van der Waals surface area contributed by atoms with Crippen LogP contribution in [0.1, 0.15) is 27.9 Å². The third-order valence-corrected chi connectivity index (χ3v) is 3.73. The summed E-state index contributed by atoms with van der Waals surface area (Å²) in [6.07, 6.45) is 1.83. The lowest BCUT2D eigenvalue weighted by atomic mass is 10.1. The van der Waals surface area contributed by atoms with E-state index in [1.807, 2.05) is 37.3 Å². The molecule has 0 saturated carbocycles. The highest BCUT2D eigenvalue weighted by molar-refractivity contribution is 6.31. The van der Waals surface area contributed by atoms with E-state index in [4.69, 9.17) is 23.2 Å². The second-order valence-corrected chi connectivity index (χ2v) is 5.72. The third-order valence-electron chi connectivity index (χ3n) is 3.23. The summed E-state index contributed by atoms with van der Waals surface area (Å²) in [4.78, 5) is 12.3. The van der Waals surface area contributed by atoms with Crippen LogP contribution in [0.15, 0.2) is 42.5 Å². The average Bonchev–Trinajstić information content (AvgIpc) is 2.48. The van der Waals surface area contributed by atoms with Crippen LogP contribution < -0.4 is 5.32 Å². The summed E-state index contributed by atoms with van der Waals surface area (Å²) >= 11 is 11.7. The molecule has 1 N–H and O–H groups in total. The molecule has 1 amide bonds. The summed E-state index contributed by atoms with van der Waals surface area (Å²) in [6.45, 7) is 1.89. The first-order chi connectivity index (χ1) is 10.1. The maximum Gasteiger partial charge on any atom is 0.255 e. The number of carbonyl (C=O) groups is 1. The second-order valence-electron chi connectivity index (χ2n) is 4.91. The van der Waals surface area contributed by atoms with Crippen molar-refractivity contribution in [1.82, 2.24) is 0 Å². The van der Waals surface area contributed by atoms with Crippen LogP contribution in [0.4, 0.5) is 5.69 Å². The zero-order chi connectivity index (χ0) is 15.2. The number of hydrogen-bond donors (Lipinski definition) is 1. The summed E-state index contributed by atoms with van der Waals surface area (Å²) in [7, 11) is 0. The first-order valence-electron chi connectivity index (χ1n) is 6.82. The smallest absolute Gasteiger partial charge is 0.255 e. The molecule has 2 nitrogen and oxygen atoms in total. The molecule has 2 aromatic rings. The van der Waals surface area contributed by atoms with Crippen LogP contribution in [-0.4, -0.2) is 11.8 Å². The molecule has 2 rings (SSSR count). The highest BCUT2D eigenvalue weighted by atomic mass is 35.5. The SMILES string of the molecule is Cc1ccc(Cl)cc1C(=O)Nc1cccc(CCCCl)c1. The molecular weight excluding hydrogens is 305 g/mol. The van der Waals surface area contributed by atoms with Crippen LogP contribution >= 0.6 is 23.2 Å². The predicted molar refractivity (Wildman–Crippen MR) is 89.6 cm³/mol. The Balaban J connectivity index is 2.14. The fraction of sp³-hybridized carbons (Fsp3) is 0.235. The lowest BCUT2D eigenvalue weighted by molar-refractivity contribution is 0.102. The van der Waals surface area contributed by atoms with Gasteiger partial charge in [-0.25, -0.2) is 0 Å². The Morgan fingerprint density at radius 1 is 1.19 bits per heavy atom. The largest absolute Gasteiger partial charge is 0.322 e. The van der Waals surface area contributed by atoms with E-state index in [1.54, 1.807) is 12.1 Å². The number of amides is 1. The van der Waals surface area contributed by atoms with Gasteiger partial charge in [0.05, 0.1) is 0 Å². The minimum atomic E-state index is -0.149. The van der Waals surface area contributed by atoms with Gasteiger partial charge in [0.25, 0.3) is 5.91 Å². The first kappa shape index (κ1) is 15.9. The summed E-state index contributed by atoms with van der Waals surface area (Å²) < 4.78 is 0. The number of nitrogens with one attached hydrogen (secondary N) is 1. The van der Waals surface area contributed by atoms with Crippen molar-refractivity contribution in [3.05, 3.63) is 64.2 Å². The fourth-order valence-corrected chi connectivity index (χ4v) is 2.42. The molecular formula is C17H17Cl2NO. The molecule has 110 valence electrons. The van der Waals surface area contributed by atoms with Gasteiger partial charge in [-0.15, -0.1) is 11.6 Å². The van der Waals surface area contributed by atoms with Gasteiger partial charge < -0.3 is 5.32 Å². The lowest BCUT2D eigenvalue weighted by Gasteiger charge is -2.09. The van der Waals surface area contributed by atoms with Crippen molar-refractivity contribution in [3.63, 3.8) is 0 Å². The van der Waals surface area contributed by atoms with Gasteiger partial charge >= 0.3 is 0 Å². The van der Waals surface area contributed by atoms with Crippen molar-refractivity contribution >= 4 is 34.8 Å². The van der Waals surface area contributed by atoms with Crippen LogP contribution in [0.5, 0.6) is 0 Å². The minimum absolute atomic E-state index is 0.149. The number of benzene rings is 2. The minimum Gasteiger partial charge on any atom is -0.322 e. The molecule has 0 spiro atoms. The van der Waals surface area contributed by atoms with Gasteiger partial charge in [0, 0.05) is 22.2 Å². The Kier molecular flexibility index (Phi) is 5.66. The van der Waals surface area contributed by atoms with Gasteiger partial charge in [0.15, 0.2) is 0 Å². The topological polar surface area (TPSA) is 29.1 Å². The summed E-state index contributed by atoms with van der Waals surface area (Å²) in [5, 5.41) is 3.47. The van der Waals surface area contributed by atoms with E-state index in [2.05, 4.69) is 5.32 Å². The Bertz CT molecular complexity index is 640. The standard InChI is InChI=1S/C17H17Cl2NO/c1-12-7-8-14(19)11-16(12)17(21)20-15-6-2-4-13(10-15)5-3-9-18/h2,4,6-8,10-11H,3,5,9H2,1H3,(H,20,21). The van der Waals surface area contributed by atoms with Crippen molar-refractivity contribution in [2.24, 2.45) is 0 Å². The monoisotopic (exact) mass is 321 g/mol. The number of hydrogen-bond acceptors (Lipinski definition) is 1. The Morgan fingerprint density at radius 3 is 2.76 bits per heavy atom. The van der Waals surface area contributed by atoms with Crippen LogP contribution in [0.3, 0.4) is 0 Å². The van der Waals surface area contributed by atoms with Gasteiger partial charge in [0.2, 0.25) is 0 Å². The first-order valence-corrected chi connectivity index (χ1v) is 7.74. The maximum absolute atomic E-state index is 12.3. The molecule has 4 heteroatoms. The number of aryl methyl sites for hydroxylation is 2.